The van der Waals surface area contributed by atoms with Crippen LogP contribution in [-0.4, -0.2) is 9.97 Å². The first-order valence-electron chi connectivity index (χ1n) is 5.00. The van der Waals surface area contributed by atoms with Crippen molar-refractivity contribution in [2.45, 2.75) is 4.90 Å². The van der Waals surface area contributed by atoms with Crippen molar-refractivity contribution in [3.63, 3.8) is 0 Å². The molecular formula is C12H8N2OS2. The first-order valence-corrected chi connectivity index (χ1v) is 6.87. The molecule has 0 spiro atoms. The molecule has 84 valence electrons. The molecule has 0 aliphatic rings. The number of hydrogen-bond acceptors (Lipinski definition) is 5. The van der Waals surface area contributed by atoms with E-state index in [1.807, 2.05) is 36.4 Å². The lowest BCUT2D eigenvalue weighted by Crippen LogP contribution is -1.78. The van der Waals surface area contributed by atoms with Gasteiger partial charge in [-0.05, 0) is 30.3 Å². The van der Waals surface area contributed by atoms with Gasteiger partial charge in [0.25, 0.3) is 0 Å². The molecule has 17 heavy (non-hydrogen) atoms. The van der Waals surface area contributed by atoms with Gasteiger partial charge in [-0.2, -0.15) is 4.98 Å². The van der Waals surface area contributed by atoms with Crippen molar-refractivity contribution in [3.05, 3.63) is 42.6 Å². The molecule has 0 aliphatic carbocycles. The first kappa shape index (κ1) is 10.7. The van der Waals surface area contributed by atoms with Gasteiger partial charge in [0.2, 0.25) is 5.89 Å². The van der Waals surface area contributed by atoms with Gasteiger partial charge < -0.3 is 4.42 Å². The summed E-state index contributed by atoms with van der Waals surface area (Å²) in [6.45, 7) is 0. The van der Waals surface area contributed by atoms with Crippen LogP contribution in [0, 0.1) is 0 Å². The molecule has 5 heteroatoms. The number of fused-ring (bicyclic) bond motifs is 1. The summed E-state index contributed by atoms with van der Waals surface area (Å²) >= 11 is 4.17. The lowest BCUT2D eigenvalue weighted by molar-refractivity contribution is 0.619. The van der Waals surface area contributed by atoms with Gasteiger partial charge in [-0.15, -0.1) is 11.7 Å². The Balaban J connectivity index is 2.13. The maximum absolute atomic E-state index is 5.65. The van der Waals surface area contributed by atoms with Crippen LogP contribution in [0.2, 0.25) is 0 Å². The van der Waals surface area contributed by atoms with Crippen molar-refractivity contribution in [2.75, 3.05) is 0 Å². The number of rotatable bonds is 2. The Morgan fingerprint density at radius 1 is 1.18 bits per heavy atom. The lowest BCUT2D eigenvalue weighted by atomic mass is 10.2. The highest BCUT2D eigenvalue weighted by molar-refractivity contribution is 8.68. The van der Waals surface area contributed by atoms with Gasteiger partial charge in [-0.25, -0.2) is 4.98 Å². The summed E-state index contributed by atoms with van der Waals surface area (Å²) in [7, 11) is 1.39. The Morgan fingerprint density at radius 2 is 2.12 bits per heavy atom. The Hall–Kier alpha value is -1.46. The molecule has 0 saturated carbocycles. The predicted molar refractivity (Wildman–Crippen MR) is 72.1 cm³/mol. The van der Waals surface area contributed by atoms with Crippen molar-refractivity contribution in [1.29, 1.82) is 0 Å². The molecule has 0 fully saturated rings. The summed E-state index contributed by atoms with van der Waals surface area (Å²) in [5.74, 6) is 0.586. The van der Waals surface area contributed by atoms with E-state index in [0.717, 1.165) is 10.5 Å². The highest BCUT2D eigenvalue weighted by atomic mass is 33.1. The fourth-order valence-corrected chi connectivity index (χ4v) is 2.24. The predicted octanol–water partition coefficient (Wildman–Crippen LogP) is 3.83. The third-order valence-electron chi connectivity index (χ3n) is 2.35. The minimum Gasteiger partial charge on any atom is -0.434 e. The number of pyridine rings is 1. The molecule has 0 radical (unpaired) electrons. The zero-order valence-corrected chi connectivity index (χ0v) is 10.4. The van der Waals surface area contributed by atoms with Gasteiger partial charge in [-0.1, -0.05) is 16.9 Å². The van der Waals surface area contributed by atoms with Crippen molar-refractivity contribution in [3.8, 4) is 11.5 Å². The molecule has 0 unspecified atom stereocenters. The van der Waals surface area contributed by atoms with Crippen molar-refractivity contribution >= 4 is 33.7 Å². The van der Waals surface area contributed by atoms with E-state index in [1.54, 1.807) is 6.20 Å². The van der Waals surface area contributed by atoms with Crippen molar-refractivity contribution in [2.24, 2.45) is 0 Å². The van der Waals surface area contributed by atoms with E-state index in [2.05, 4.69) is 21.6 Å². The van der Waals surface area contributed by atoms with E-state index in [9.17, 15) is 0 Å². The van der Waals surface area contributed by atoms with Crippen LogP contribution in [0.15, 0.2) is 51.9 Å². The SMILES string of the molecule is SSc1cccc(-c2nc3ncccc3o2)c1. The van der Waals surface area contributed by atoms with Crippen LogP contribution >= 0.6 is 22.5 Å². The second-order valence-corrected chi connectivity index (χ2v) is 4.66. The third kappa shape index (κ3) is 2.03. The van der Waals surface area contributed by atoms with Crippen LogP contribution in [0.1, 0.15) is 0 Å². The maximum atomic E-state index is 5.65. The molecular weight excluding hydrogens is 252 g/mol. The summed E-state index contributed by atoms with van der Waals surface area (Å²) < 4.78 is 5.65. The Kier molecular flexibility index (Phi) is 2.78. The lowest BCUT2D eigenvalue weighted by Gasteiger charge is -1.97. The number of hydrogen-bond donors (Lipinski definition) is 1. The molecule has 0 atom stereocenters. The van der Waals surface area contributed by atoms with Crippen LogP contribution in [-0.2, 0) is 0 Å². The Labute approximate surface area is 107 Å². The number of benzene rings is 1. The summed E-state index contributed by atoms with van der Waals surface area (Å²) in [6, 6.07) is 11.6. The molecule has 2 heterocycles. The average Bonchev–Trinajstić information content (AvgIpc) is 2.82. The largest absolute Gasteiger partial charge is 0.434 e. The van der Waals surface area contributed by atoms with Crippen LogP contribution in [0.3, 0.4) is 0 Å². The smallest absolute Gasteiger partial charge is 0.228 e. The van der Waals surface area contributed by atoms with Gasteiger partial charge >= 0.3 is 0 Å². The normalized spacial score (nSPS) is 10.9. The van der Waals surface area contributed by atoms with Gasteiger partial charge in [0.1, 0.15) is 0 Å². The number of aromatic nitrogens is 2. The highest BCUT2D eigenvalue weighted by Crippen LogP contribution is 2.28. The number of nitrogens with zero attached hydrogens (tertiary/aromatic N) is 2. The Bertz CT molecular complexity index is 633. The molecule has 3 rings (SSSR count). The summed E-state index contributed by atoms with van der Waals surface area (Å²) in [6.07, 6.45) is 1.70. The molecule has 3 nitrogen and oxygen atoms in total. The van der Waals surface area contributed by atoms with Gasteiger partial charge in [-0.3, -0.25) is 0 Å². The van der Waals surface area contributed by atoms with E-state index >= 15 is 0 Å². The van der Waals surface area contributed by atoms with Crippen LogP contribution in [0.4, 0.5) is 0 Å². The van der Waals surface area contributed by atoms with E-state index in [1.165, 1.54) is 10.8 Å². The molecule has 0 amide bonds. The van der Waals surface area contributed by atoms with Gasteiger partial charge in [0.15, 0.2) is 11.2 Å². The number of thiol groups is 1. The zero-order valence-electron chi connectivity index (χ0n) is 8.70. The third-order valence-corrected chi connectivity index (χ3v) is 3.45. The fraction of sp³-hybridized carbons (Fsp3) is 0. The van der Waals surface area contributed by atoms with Gasteiger partial charge in [0.05, 0.1) is 0 Å². The minimum absolute atomic E-state index is 0.586. The maximum Gasteiger partial charge on any atom is 0.228 e. The van der Waals surface area contributed by atoms with Crippen LogP contribution in [0.5, 0.6) is 0 Å². The standard InChI is InChI=1S/C12H8N2OS2/c16-17-9-4-1-3-8(7-9)12-14-11-10(15-12)5-2-6-13-11/h1-7,16H. The molecule has 0 aliphatic heterocycles. The molecule has 3 aromatic rings. The summed E-state index contributed by atoms with van der Waals surface area (Å²) in [4.78, 5) is 9.55. The van der Waals surface area contributed by atoms with Crippen molar-refractivity contribution in [1.82, 2.24) is 9.97 Å². The second kappa shape index (κ2) is 4.43. The van der Waals surface area contributed by atoms with Crippen molar-refractivity contribution < 1.29 is 4.42 Å². The fourth-order valence-electron chi connectivity index (χ4n) is 1.58. The minimum atomic E-state index is 0.586. The topological polar surface area (TPSA) is 38.9 Å². The molecule has 0 saturated heterocycles. The summed E-state index contributed by atoms with van der Waals surface area (Å²) in [5.41, 5.74) is 2.26. The molecule has 0 bridgehead atoms. The molecule has 0 N–H and O–H groups in total. The number of oxazole rings is 1. The molecule has 2 aromatic heterocycles. The first-order chi connectivity index (χ1) is 8.36. The van der Waals surface area contributed by atoms with Crippen LogP contribution in [0.25, 0.3) is 22.7 Å². The van der Waals surface area contributed by atoms with E-state index in [0.29, 0.717) is 17.1 Å². The zero-order chi connectivity index (χ0) is 11.7. The van der Waals surface area contributed by atoms with E-state index in [4.69, 9.17) is 4.42 Å². The van der Waals surface area contributed by atoms with Crippen LogP contribution < -0.4 is 0 Å². The quantitative estimate of drug-likeness (QED) is 0.561. The monoisotopic (exact) mass is 260 g/mol. The van der Waals surface area contributed by atoms with E-state index in [-0.39, 0.29) is 0 Å². The van der Waals surface area contributed by atoms with Gasteiger partial charge in [0, 0.05) is 16.7 Å². The summed E-state index contributed by atoms with van der Waals surface area (Å²) in [5, 5.41) is 0. The second-order valence-electron chi connectivity index (χ2n) is 3.46. The van der Waals surface area contributed by atoms with E-state index < -0.39 is 0 Å². The highest BCUT2D eigenvalue weighted by Gasteiger charge is 2.08. The Morgan fingerprint density at radius 3 is 2.94 bits per heavy atom. The molecule has 1 aromatic carbocycles. The average molecular weight is 260 g/mol.